The molecule has 0 radical (unpaired) electrons. The van der Waals surface area contributed by atoms with E-state index in [-0.39, 0.29) is 12.7 Å². The molecular formula is C18H16BrNO2S. The second kappa shape index (κ2) is 7.62. The van der Waals surface area contributed by atoms with Gasteiger partial charge in [0.05, 0.1) is 3.79 Å². The number of nitrogens with one attached hydrogen (secondary N) is 1. The summed E-state index contributed by atoms with van der Waals surface area (Å²) >= 11 is 5.33. The average molecular weight is 390 g/mol. The Morgan fingerprint density at radius 1 is 1.09 bits per heavy atom. The fourth-order valence-corrected chi connectivity index (χ4v) is 4.28. The Labute approximate surface area is 147 Å². The lowest BCUT2D eigenvalue weighted by Crippen LogP contribution is -2.26. The topological polar surface area (TPSA) is 38.3 Å². The summed E-state index contributed by atoms with van der Waals surface area (Å²) in [5.41, 5.74) is 2.21. The van der Waals surface area contributed by atoms with Gasteiger partial charge in [0.1, 0.15) is 6.61 Å². The fraction of sp³-hybridized carbons (Fsp3) is 0.167. The number of carbonyl (C=O) groups excluding carboxylic acids is 1. The Hall–Kier alpha value is -1.85. The van der Waals surface area contributed by atoms with Crippen LogP contribution in [0.3, 0.4) is 0 Å². The summed E-state index contributed by atoms with van der Waals surface area (Å²) in [5.74, 6) is 0. The van der Waals surface area contributed by atoms with Crippen LogP contribution in [0.4, 0.5) is 4.79 Å². The molecule has 1 aromatic heterocycles. The van der Waals surface area contributed by atoms with Crippen molar-refractivity contribution < 1.29 is 9.53 Å². The molecule has 0 atom stereocenters. The van der Waals surface area contributed by atoms with Crippen LogP contribution in [-0.4, -0.2) is 12.6 Å². The first-order chi connectivity index (χ1) is 11.2. The number of ether oxygens (including phenoxy) is 1. The van der Waals surface area contributed by atoms with Crippen molar-refractivity contribution in [1.29, 1.82) is 0 Å². The lowest BCUT2D eigenvalue weighted by molar-refractivity contribution is 0.140. The number of rotatable bonds is 5. The SMILES string of the molecule is O=C(NCCc1c(Br)sc2ccccc12)OCc1ccccc1. The third kappa shape index (κ3) is 4.12. The molecule has 0 saturated heterocycles. The average Bonchev–Trinajstić information content (AvgIpc) is 2.90. The molecule has 1 heterocycles. The highest BCUT2D eigenvalue weighted by Gasteiger charge is 2.10. The summed E-state index contributed by atoms with van der Waals surface area (Å²) < 4.78 is 7.58. The van der Waals surface area contributed by atoms with Crippen molar-refractivity contribution in [3.63, 3.8) is 0 Å². The normalized spacial score (nSPS) is 10.7. The lowest BCUT2D eigenvalue weighted by atomic mass is 10.1. The molecule has 0 aliphatic heterocycles. The number of hydrogen-bond donors (Lipinski definition) is 1. The van der Waals surface area contributed by atoms with E-state index in [1.54, 1.807) is 11.3 Å². The summed E-state index contributed by atoms with van der Waals surface area (Å²) in [4.78, 5) is 11.8. The number of thiophene rings is 1. The summed E-state index contributed by atoms with van der Waals surface area (Å²) in [6.45, 7) is 0.838. The molecule has 3 nitrogen and oxygen atoms in total. The van der Waals surface area contributed by atoms with Gasteiger partial charge < -0.3 is 10.1 Å². The van der Waals surface area contributed by atoms with Crippen LogP contribution in [0.2, 0.25) is 0 Å². The molecule has 0 bridgehead atoms. The van der Waals surface area contributed by atoms with Crippen LogP contribution in [0.5, 0.6) is 0 Å². The maximum atomic E-state index is 11.8. The third-order valence-electron chi connectivity index (χ3n) is 3.51. The van der Waals surface area contributed by atoms with Gasteiger partial charge in [-0.3, -0.25) is 0 Å². The Kier molecular flexibility index (Phi) is 5.31. The Morgan fingerprint density at radius 3 is 2.65 bits per heavy atom. The van der Waals surface area contributed by atoms with E-state index < -0.39 is 0 Å². The van der Waals surface area contributed by atoms with Crippen LogP contribution in [0.15, 0.2) is 58.4 Å². The van der Waals surface area contributed by atoms with Crippen LogP contribution < -0.4 is 5.32 Å². The Balaban J connectivity index is 1.50. The minimum absolute atomic E-state index is 0.289. The van der Waals surface area contributed by atoms with Crippen molar-refractivity contribution in [3.05, 3.63) is 69.5 Å². The van der Waals surface area contributed by atoms with E-state index in [0.29, 0.717) is 6.54 Å². The van der Waals surface area contributed by atoms with E-state index in [2.05, 4.69) is 33.4 Å². The van der Waals surface area contributed by atoms with Gasteiger partial charge in [-0.2, -0.15) is 0 Å². The van der Waals surface area contributed by atoms with E-state index in [9.17, 15) is 4.79 Å². The van der Waals surface area contributed by atoms with Gasteiger partial charge in [-0.15, -0.1) is 11.3 Å². The van der Waals surface area contributed by atoms with Gasteiger partial charge in [-0.1, -0.05) is 48.5 Å². The van der Waals surface area contributed by atoms with Crippen molar-refractivity contribution in [2.24, 2.45) is 0 Å². The quantitative estimate of drug-likeness (QED) is 0.656. The number of carbonyl (C=O) groups is 1. The first-order valence-electron chi connectivity index (χ1n) is 7.34. The second-order valence-corrected chi connectivity index (χ2v) is 7.46. The van der Waals surface area contributed by atoms with Gasteiger partial charge in [0.25, 0.3) is 0 Å². The molecule has 0 saturated carbocycles. The summed E-state index contributed by atoms with van der Waals surface area (Å²) in [6.07, 6.45) is 0.384. The van der Waals surface area contributed by atoms with Gasteiger partial charge in [0.2, 0.25) is 0 Å². The van der Waals surface area contributed by atoms with Crippen LogP contribution >= 0.6 is 27.3 Å². The van der Waals surface area contributed by atoms with E-state index in [1.807, 2.05) is 42.5 Å². The zero-order valence-corrected chi connectivity index (χ0v) is 14.8. The van der Waals surface area contributed by atoms with E-state index in [1.165, 1.54) is 15.6 Å². The predicted molar refractivity (Wildman–Crippen MR) is 97.9 cm³/mol. The highest BCUT2D eigenvalue weighted by atomic mass is 79.9. The zero-order chi connectivity index (χ0) is 16.1. The van der Waals surface area contributed by atoms with Gasteiger partial charge >= 0.3 is 6.09 Å². The van der Waals surface area contributed by atoms with Crippen LogP contribution in [0.1, 0.15) is 11.1 Å². The summed E-state index contributed by atoms with van der Waals surface area (Å²) in [6, 6.07) is 17.9. The highest BCUT2D eigenvalue weighted by molar-refractivity contribution is 9.11. The third-order valence-corrected chi connectivity index (χ3v) is 5.47. The minimum Gasteiger partial charge on any atom is -0.445 e. The number of amides is 1. The van der Waals surface area contributed by atoms with Crippen LogP contribution in [0, 0.1) is 0 Å². The number of benzene rings is 2. The van der Waals surface area contributed by atoms with Gasteiger partial charge in [-0.25, -0.2) is 4.79 Å². The maximum absolute atomic E-state index is 11.8. The Bertz CT molecular complexity index is 801. The van der Waals surface area contributed by atoms with Gasteiger partial charge in [0, 0.05) is 11.2 Å². The molecule has 0 spiro atoms. The van der Waals surface area contributed by atoms with Gasteiger partial charge in [0.15, 0.2) is 0 Å². The standard InChI is InChI=1S/C18H16BrNO2S/c19-17-15(14-8-4-5-9-16(14)23-17)10-11-20-18(21)22-12-13-6-2-1-3-7-13/h1-9H,10-12H2,(H,20,21). The first-order valence-corrected chi connectivity index (χ1v) is 8.95. The highest BCUT2D eigenvalue weighted by Crippen LogP contribution is 2.35. The minimum atomic E-state index is -0.385. The van der Waals surface area contributed by atoms with Crippen molar-refractivity contribution in [2.75, 3.05) is 6.54 Å². The van der Waals surface area contributed by atoms with Crippen LogP contribution in [-0.2, 0) is 17.8 Å². The first kappa shape index (κ1) is 16.0. The van der Waals surface area contributed by atoms with E-state index >= 15 is 0 Å². The molecule has 118 valence electrons. The molecule has 3 aromatic rings. The molecule has 0 aliphatic carbocycles. The number of alkyl carbamates (subject to hydrolysis) is 1. The van der Waals surface area contributed by atoms with Gasteiger partial charge in [-0.05, 0) is 44.9 Å². The molecular weight excluding hydrogens is 374 g/mol. The summed E-state index contributed by atoms with van der Waals surface area (Å²) in [5, 5.41) is 4.05. The van der Waals surface area contributed by atoms with E-state index in [0.717, 1.165) is 15.8 Å². The smallest absolute Gasteiger partial charge is 0.407 e. The van der Waals surface area contributed by atoms with Crippen molar-refractivity contribution in [2.45, 2.75) is 13.0 Å². The van der Waals surface area contributed by atoms with Crippen molar-refractivity contribution >= 4 is 43.4 Å². The number of hydrogen-bond acceptors (Lipinski definition) is 3. The molecule has 0 aliphatic rings. The number of halogens is 1. The molecule has 1 amide bonds. The molecule has 3 rings (SSSR count). The molecule has 0 unspecified atom stereocenters. The fourth-order valence-electron chi connectivity index (χ4n) is 2.37. The predicted octanol–water partition coefficient (Wildman–Crippen LogP) is 5.13. The molecule has 2 aromatic carbocycles. The molecule has 1 N–H and O–H groups in total. The van der Waals surface area contributed by atoms with E-state index in [4.69, 9.17) is 4.74 Å². The molecule has 23 heavy (non-hydrogen) atoms. The number of fused-ring (bicyclic) bond motifs is 1. The maximum Gasteiger partial charge on any atom is 0.407 e. The van der Waals surface area contributed by atoms with Crippen molar-refractivity contribution in [1.82, 2.24) is 5.32 Å². The Morgan fingerprint density at radius 2 is 1.83 bits per heavy atom. The second-order valence-electron chi connectivity index (χ2n) is 5.09. The largest absolute Gasteiger partial charge is 0.445 e. The zero-order valence-electron chi connectivity index (χ0n) is 12.4. The monoisotopic (exact) mass is 389 g/mol. The summed E-state index contributed by atoms with van der Waals surface area (Å²) in [7, 11) is 0. The molecule has 5 heteroatoms. The van der Waals surface area contributed by atoms with Crippen LogP contribution in [0.25, 0.3) is 10.1 Å². The van der Waals surface area contributed by atoms with Crippen molar-refractivity contribution in [3.8, 4) is 0 Å². The molecule has 0 fully saturated rings. The lowest BCUT2D eigenvalue weighted by Gasteiger charge is -2.07.